The molecular formula is C24H29IN4O3. The van der Waals surface area contributed by atoms with Gasteiger partial charge in [0, 0.05) is 25.4 Å². The van der Waals surface area contributed by atoms with Gasteiger partial charge in [0.15, 0.2) is 17.5 Å². The second-order valence-electron chi connectivity index (χ2n) is 6.63. The Bertz CT molecular complexity index is 960. The first kappa shape index (κ1) is 25.3. The number of halogens is 1. The Kier molecular flexibility index (Phi) is 10.6. The normalized spacial score (nSPS) is 10.7. The molecule has 0 spiro atoms. The molecule has 0 saturated heterocycles. The van der Waals surface area contributed by atoms with E-state index in [4.69, 9.17) is 14.2 Å². The van der Waals surface area contributed by atoms with Gasteiger partial charge in [-0.3, -0.25) is 0 Å². The number of pyridine rings is 1. The first-order chi connectivity index (χ1) is 15.2. The lowest BCUT2D eigenvalue weighted by Crippen LogP contribution is -2.36. The Morgan fingerprint density at radius 2 is 1.59 bits per heavy atom. The number of benzene rings is 2. The SMILES string of the molecule is CCNC(=NCc1ccc(Oc2c(OC)cccc2OC)nc1)NCc1ccccc1.I. The Morgan fingerprint density at radius 3 is 2.19 bits per heavy atom. The quantitative estimate of drug-likeness (QED) is 0.228. The molecule has 0 aliphatic heterocycles. The number of guanidine groups is 1. The highest BCUT2D eigenvalue weighted by Crippen LogP contribution is 2.39. The van der Waals surface area contributed by atoms with Crippen molar-refractivity contribution < 1.29 is 14.2 Å². The fourth-order valence-corrected chi connectivity index (χ4v) is 2.88. The Hall–Kier alpha value is -3.01. The van der Waals surface area contributed by atoms with E-state index in [1.807, 2.05) is 49.4 Å². The average Bonchev–Trinajstić information content (AvgIpc) is 2.82. The first-order valence-corrected chi connectivity index (χ1v) is 10.1. The third kappa shape index (κ3) is 7.30. The summed E-state index contributed by atoms with van der Waals surface area (Å²) in [7, 11) is 3.17. The number of rotatable bonds is 9. The van der Waals surface area contributed by atoms with E-state index in [2.05, 4.69) is 32.7 Å². The summed E-state index contributed by atoms with van der Waals surface area (Å²) in [4.78, 5) is 9.04. The molecule has 3 rings (SSSR count). The zero-order chi connectivity index (χ0) is 21.9. The summed E-state index contributed by atoms with van der Waals surface area (Å²) in [6, 6.07) is 19.4. The molecule has 0 saturated carbocycles. The fourth-order valence-electron chi connectivity index (χ4n) is 2.88. The van der Waals surface area contributed by atoms with Crippen molar-refractivity contribution in [1.29, 1.82) is 0 Å². The lowest BCUT2D eigenvalue weighted by atomic mass is 10.2. The number of para-hydroxylation sites is 1. The van der Waals surface area contributed by atoms with Gasteiger partial charge in [0.2, 0.25) is 11.6 Å². The lowest BCUT2D eigenvalue weighted by Gasteiger charge is -2.13. The minimum atomic E-state index is 0. The summed E-state index contributed by atoms with van der Waals surface area (Å²) >= 11 is 0. The molecule has 0 amide bonds. The van der Waals surface area contributed by atoms with Gasteiger partial charge in [-0.15, -0.1) is 24.0 Å². The first-order valence-electron chi connectivity index (χ1n) is 10.1. The van der Waals surface area contributed by atoms with Gasteiger partial charge >= 0.3 is 0 Å². The minimum absolute atomic E-state index is 0. The molecule has 170 valence electrons. The van der Waals surface area contributed by atoms with Crippen molar-refractivity contribution in [3.05, 3.63) is 78.0 Å². The number of hydrogen-bond donors (Lipinski definition) is 2. The maximum atomic E-state index is 5.91. The second kappa shape index (κ2) is 13.4. The van der Waals surface area contributed by atoms with Crippen molar-refractivity contribution in [3.63, 3.8) is 0 Å². The summed E-state index contributed by atoms with van der Waals surface area (Å²) in [6.07, 6.45) is 1.75. The number of ether oxygens (including phenoxy) is 3. The van der Waals surface area contributed by atoms with Crippen LogP contribution in [0.3, 0.4) is 0 Å². The zero-order valence-electron chi connectivity index (χ0n) is 18.5. The van der Waals surface area contributed by atoms with Crippen LogP contribution in [0.4, 0.5) is 0 Å². The van der Waals surface area contributed by atoms with E-state index in [9.17, 15) is 0 Å². The van der Waals surface area contributed by atoms with E-state index in [-0.39, 0.29) is 24.0 Å². The number of aliphatic imine (C=N–C) groups is 1. The third-order valence-electron chi connectivity index (χ3n) is 4.45. The fraction of sp³-hybridized carbons (Fsp3) is 0.250. The monoisotopic (exact) mass is 548 g/mol. The molecule has 2 N–H and O–H groups in total. The van der Waals surface area contributed by atoms with Crippen molar-refractivity contribution in [1.82, 2.24) is 15.6 Å². The molecule has 0 aliphatic rings. The van der Waals surface area contributed by atoms with Crippen LogP contribution in [0.25, 0.3) is 0 Å². The topological polar surface area (TPSA) is 77.0 Å². The molecule has 0 atom stereocenters. The zero-order valence-corrected chi connectivity index (χ0v) is 20.8. The molecule has 3 aromatic rings. The highest BCUT2D eigenvalue weighted by molar-refractivity contribution is 14.0. The summed E-state index contributed by atoms with van der Waals surface area (Å²) < 4.78 is 16.6. The number of nitrogens with one attached hydrogen (secondary N) is 2. The second-order valence-corrected chi connectivity index (χ2v) is 6.63. The molecule has 0 bridgehead atoms. The Morgan fingerprint density at radius 1 is 0.875 bits per heavy atom. The van der Waals surface area contributed by atoms with Crippen LogP contribution in [0.1, 0.15) is 18.1 Å². The molecule has 8 heteroatoms. The predicted octanol–water partition coefficient (Wildman–Crippen LogP) is 4.76. The van der Waals surface area contributed by atoms with Gasteiger partial charge < -0.3 is 24.8 Å². The van der Waals surface area contributed by atoms with Crippen molar-refractivity contribution in [2.45, 2.75) is 20.0 Å². The van der Waals surface area contributed by atoms with Crippen molar-refractivity contribution in [2.75, 3.05) is 20.8 Å². The van der Waals surface area contributed by atoms with Crippen LogP contribution in [0.15, 0.2) is 71.9 Å². The lowest BCUT2D eigenvalue weighted by molar-refractivity contribution is 0.342. The highest BCUT2D eigenvalue weighted by atomic mass is 127. The average molecular weight is 548 g/mol. The third-order valence-corrected chi connectivity index (χ3v) is 4.45. The van der Waals surface area contributed by atoms with Crippen LogP contribution in [-0.2, 0) is 13.1 Å². The van der Waals surface area contributed by atoms with Crippen molar-refractivity contribution in [2.24, 2.45) is 4.99 Å². The van der Waals surface area contributed by atoms with Gasteiger partial charge in [0.1, 0.15) is 0 Å². The number of nitrogens with zero attached hydrogens (tertiary/aromatic N) is 2. The van der Waals surface area contributed by atoms with Gasteiger partial charge in [-0.1, -0.05) is 42.5 Å². The van der Waals surface area contributed by atoms with Crippen LogP contribution in [0.5, 0.6) is 23.1 Å². The number of aromatic nitrogens is 1. The summed E-state index contributed by atoms with van der Waals surface area (Å²) in [5.74, 6) is 2.85. The number of methoxy groups -OCH3 is 2. The molecule has 1 heterocycles. The molecule has 1 aromatic heterocycles. The van der Waals surface area contributed by atoms with Crippen molar-refractivity contribution in [3.8, 4) is 23.1 Å². The van der Waals surface area contributed by atoms with Gasteiger partial charge in [-0.2, -0.15) is 0 Å². The Balaban J connectivity index is 0.00000363. The van der Waals surface area contributed by atoms with E-state index >= 15 is 0 Å². The molecule has 2 aromatic carbocycles. The van der Waals surface area contributed by atoms with Gasteiger partial charge in [-0.05, 0) is 30.2 Å². The number of hydrogen-bond acceptors (Lipinski definition) is 5. The smallest absolute Gasteiger partial charge is 0.219 e. The van der Waals surface area contributed by atoms with Crippen LogP contribution in [0, 0.1) is 0 Å². The predicted molar refractivity (Wildman–Crippen MR) is 137 cm³/mol. The van der Waals surface area contributed by atoms with E-state index in [1.54, 1.807) is 26.5 Å². The van der Waals surface area contributed by atoms with E-state index in [0.717, 1.165) is 18.1 Å². The summed E-state index contributed by atoms with van der Waals surface area (Å²) in [5.41, 5.74) is 2.17. The van der Waals surface area contributed by atoms with Crippen molar-refractivity contribution >= 4 is 29.9 Å². The molecule has 0 fully saturated rings. The van der Waals surface area contributed by atoms with Gasteiger partial charge in [0.25, 0.3) is 0 Å². The van der Waals surface area contributed by atoms with E-state index in [1.165, 1.54) is 5.56 Å². The Labute approximate surface area is 206 Å². The molecule has 0 radical (unpaired) electrons. The maximum absolute atomic E-state index is 5.91. The van der Waals surface area contributed by atoms with Crippen LogP contribution in [0.2, 0.25) is 0 Å². The maximum Gasteiger partial charge on any atom is 0.219 e. The summed E-state index contributed by atoms with van der Waals surface area (Å²) in [5, 5.41) is 6.60. The molecule has 0 aliphatic carbocycles. The van der Waals surface area contributed by atoms with Gasteiger partial charge in [0.05, 0.1) is 20.8 Å². The standard InChI is InChI=1S/C24H28N4O3.HI/c1-4-25-24(27-15-18-9-6-5-7-10-18)28-17-19-13-14-22(26-16-19)31-23-20(29-2)11-8-12-21(23)30-3;/h5-14,16H,4,15,17H2,1-3H3,(H2,25,27,28);1H. The van der Waals surface area contributed by atoms with Gasteiger partial charge in [-0.25, -0.2) is 9.98 Å². The van der Waals surface area contributed by atoms with Crippen LogP contribution >= 0.6 is 24.0 Å². The molecule has 7 nitrogen and oxygen atoms in total. The molecule has 32 heavy (non-hydrogen) atoms. The van der Waals surface area contributed by atoms with Crippen LogP contribution in [-0.4, -0.2) is 31.7 Å². The van der Waals surface area contributed by atoms with E-state index in [0.29, 0.717) is 36.2 Å². The molecule has 0 unspecified atom stereocenters. The summed E-state index contributed by atoms with van der Waals surface area (Å²) in [6.45, 7) is 4.03. The van der Waals surface area contributed by atoms with E-state index < -0.39 is 0 Å². The minimum Gasteiger partial charge on any atom is -0.493 e. The van der Waals surface area contributed by atoms with Crippen LogP contribution < -0.4 is 24.8 Å². The molecular weight excluding hydrogens is 519 g/mol. The highest BCUT2D eigenvalue weighted by Gasteiger charge is 2.13. The largest absolute Gasteiger partial charge is 0.493 e.